The molecule has 5 aromatic rings. The zero-order valence-electron chi connectivity index (χ0n) is 34.4. The minimum atomic E-state index is -0.890. The quantitative estimate of drug-likeness (QED) is 0.0114. The number of aromatic nitrogens is 6. The summed E-state index contributed by atoms with van der Waals surface area (Å²) in [7, 11) is -1.59. The number of aliphatic hydroxyl groups is 1. The number of nitrogens with one attached hydrogen (secondary N) is 3. The van der Waals surface area contributed by atoms with E-state index in [1.54, 1.807) is 24.5 Å². The molecule has 2 aromatic carbocycles. The van der Waals surface area contributed by atoms with Gasteiger partial charge in [0.25, 0.3) is 0 Å². The Bertz CT molecular complexity index is 2560. The van der Waals surface area contributed by atoms with E-state index in [1.165, 1.54) is 42.6 Å². The van der Waals surface area contributed by atoms with E-state index in [-0.39, 0.29) is 118 Å². The van der Waals surface area contributed by atoms with Crippen molar-refractivity contribution >= 4 is 131 Å². The van der Waals surface area contributed by atoms with E-state index < -0.39 is 40.4 Å². The average Bonchev–Trinajstić information content (AvgIpc) is 3.21. The molecule has 0 unspecified atom stereocenters. The van der Waals surface area contributed by atoms with E-state index in [0.717, 1.165) is 24.7 Å². The number of anilines is 5. The first-order chi connectivity index (χ1) is 31.1. The Morgan fingerprint density at radius 1 is 0.761 bits per heavy atom. The van der Waals surface area contributed by atoms with Gasteiger partial charge in [-0.3, -0.25) is 30.3 Å². The van der Waals surface area contributed by atoms with Crippen LogP contribution < -0.4 is 72.9 Å². The number of thiocyanates is 3. The van der Waals surface area contributed by atoms with Gasteiger partial charge in [0.2, 0.25) is 21.7 Å². The van der Waals surface area contributed by atoms with Gasteiger partial charge in [0, 0.05) is 41.5 Å². The number of aliphatic hydroxyl groups excluding tert-OH is 1. The van der Waals surface area contributed by atoms with Gasteiger partial charge in [-0.05, 0) is 80.2 Å². The van der Waals surface area contributed by atoms with Crippen LogP contribution >= 0.6 is 58.3 Å². The number of thioether (sulfide) groups is 2. The topological polar surface area (TPSA) is 401 Å². The maximum atomic E-state index is 13.4. The molecule has 36 heteroatoms. The van der Waals surface area contributed by atoms with E-state index in [0.29, 0.717) is 34.9 Å². The van der Waals surface area contributed by atoms with Crippen molar-refractivity contribution in [3.63, 3.8) is 0 Å². The molecule has 3 aromatic heterocycles. The summed E-state index contributed by atoms with van der Waals surface area (Å²) >= 11 is 20.8. The number of nitrogens with two attached hydrogens (primary N) is 1. The van der Waals surface area contributed by atoms with Crippen molar-refractivity contribution in [1.82, 2.24) is 29.9 Å². The van der Waals surface area contributed by atoms with Crippen LogP contribution in [0.1, 0.15) is 6.92 Å². The van der Waals surface area contributed by atoms with Crippen LogP contribution in [0.5, 0.6) is 0 Å². The molecule has 0 aliphatic heterocycles. The monoisotopic (exact) mass is 1070 g/mol. The number of nitrogens with zero attached hydrogens (tertiary/aromatic N) is 12. The fraction of sp³-hybridized carbons (Fsp3) is 0.129. The number of benzene rings is 2. The fourth-order valence-electron chi connectivity index (χ4n) is 3.69. The molecule has 0 spiro atoms. The number of hydrogen-bond acceptors (Lipinski definition) is 25. The van der Waals surface area contributed by atoms with Crippen molar-refractivity contribution in [1.29, 1.82) is 15.8 Å². The first kappa shape index (κ1) is 63.9. The standard InChI is InChI=1S/C12H10BFN6O3S.C7H10BFN2O.C5HClN4O2S.C4HCl2N3O2.C2H6O.CHNS.K/c1-13(21)19-8-3-2-7(14)4-9(8)17-12-16-5-10(20(22)23)11(18-12)24-6-15;1-8(12)11-7-3-2-5(9)4-6(7)10;6-5-8-1-3(10(11)12)4(9-5)13-2-7;5-3-2(9(10)11)1-7-4(6)8-3;1-2-3;2-1-3;/h2-5,19,21H,1H3,(H,16,17,18);2-4,11-12H,10H2,1H3;1H;1H;3H,2H2,1H3;3H;/q;;;;;;+1/p-1. The smallest absolute Gasteiger partial charge is 0.696 e. The third kappa shape index (κ3) is 26.1. The van der Waals surface area contributed by atoms with Crippen LogP contribution in [-0.4, -0.2) is 80.5 Å². The first-order valence-electron chi connectivity index (χ1n) is 16.8. The summed E-state index contributed by atoms with van der Waals surface area (Å²) in [5.74, 6) is -0.983. The molecule has 0 radical (unpaired) electrons. The van der Waals surface area contributed by atoms with Crippen LogP contribution in [0.25, 0.3) is 0 Å². The van der Waals surface area contributed by atoms with Crippen LogP contribution in [0.15, 0.2) is 65.0 Å². The van der Waals surface area contributed by atoms with Gasteiger partial charge in [-0.25, -0.2) is 34.0 Å². The minimum absolute atomic E-state index is 0. The number of rotatable bonds is 11. The third-order valence-electron chi connectivity index (χ3n) is 5.98. The minimum Gasteiger partial charge on any atom is -0.696 e. The van der Waals surface area contributed by atoms with Crippen molar-refractivity contribution in [2.75, 3.05) is 28.1 Å². The van der Waals surface area contributed by atoms with Crippen molar-refractivity contribution in [3.8, 4) is 16.2 Å². The van der Waals surface area contributed by atoms with Gasteiger partial charge in [0.05, 0.1) is 26.1 Å². The van der Waals surface area contributed by atoms with Crippen molar-refractivity contribution in [2.24, 2.45) is 0 Å². The number of nitrogen functional groups attached to an aromatic ring is 1. The Labute approximate surface area is 449 Å². The molecule has 8 N–H and O–H groups in total. The summed E-state index contributed by atoms with van der Waals surface area (Å²) < 4.78 is 26.0. The molecular formula is C31H28B2Cl3F2KN16O9S3. The number of hydrogen-bond donors (Lipinski definition) is 7. The Hall–Kier alpha value is -5.15. The molecule has 25 nitrogen and oxygen atoms in total. The number of halogens is 5. The van der Waals surface area contributed by atoms with Gasteiger partial charge in [-0.1, -0.05) is 17.0 Å². The largest absolute Gasteiger partial charge is 1.00 e. The molecule has 0 amide bonds. The normalized spacial score (nSPS) is 9.01. The summed E-state index contributed by atoms with van der Waals surface area (Å²) in [6, 6.07) is 7.71. The van der Waals surface area contributed by atoms with Gasteiger partial charge in [-0.2, -0.15) is 20.5 Å². The summed E-state index contributed by atoms with van der Waals surface area (Å²) in [4.78, 5) is 50.7. The molecule has 0 bridgehead atoms. The van der Waals surface area contributed by atoms with E-state index >= 15 is 0 Å². The maximum Gasteiger partial charge on any atom is 1.00 e. The van der Waals surface area contributed by atoms with E-state index in [1.807, 2.05) is 0 Å². The zero-order valence-corrected chi connectivity index (χ0v) is 42.2. The van der Waals surface area contributed by atoms with Crippen molar-refractivity contribution in [3.05, 3.63) is 113 Å². The molecule has 0 fully saturated rings. The Morgan fingerprint density at radius 2 is 1.16 bits per heavy atom. The fourth-order valence-corrected chi connectivity index (χ4v) is 5.14. The predicted molar refractivity (Wildman–Crippen MR) is 245 cm³/mol. The molecule has 67 heavy (non-hydrogen) atoms. The predicted octanol–water partition coefficient (Wildman–Crippen LogP) is 3.61. The van der Waals surface area contributed by atoms with Gasteiger partial charge in [-0.15, -0.1) is 0 Å². The first-order valence-corrected chi connectivity index (χ1v) is 20.0. The van der Waals surface area contributed by atoms with Crippen LogP contribution in [-0.2, 0) is 12.6 Å². The summed E-state index contributed by atoms with van der Waals surface area (Å²) in [6.07, 6.45) is 2.88. The number of nitriles is 3. The Morgan fingerprint density at radius 3 is 1.60 bits per heavy atom. The zero-order chi connectivity index (χ0) is 50.5. The molecule has 0 atom stereocenters. The van der Waals surface area contributed by atoms with Gasteiger partial charge in [0.1, 0.15) is 41.0 Å². The van der Waals surface area contributed by atoms with Crippen molar-refractivity contribution in [2.45, 2.75) is 30.6 Å². The molecule has 0 aliphatic carbocycles. The van der Waals surface area contributed by atoms with Gasteiger partial charge in [0.15, 0.2) is 10.1 Å². The van der Waals surface area contributed by atoms with Crippen LogP contribution in [0.3, 0.4) is 0 Å². The van der Waals surface area contributed by atoms with Crippen molar-refractivity contribution < 1.29 is 90.1 Å². The summed E-state index contributed by atoms with van der Waals surface area (Å²) in [6.45, 7) is 4.97. The van der Waals surface area contributed by atoms with E-state index in [2.05, 4.69) is 58.3 Å². The third-order valence-corrected chi connectivity index (χ3v) is 7.79. The molecule has 346 valence electrons. The number of nitro groups is 3. The van der Waals surface area contributed by atoms with Gasteiger partial charge < -0.3 is 49.3 Å². The molecule has 0 saturated heterocycles. The molecule has 5 rings (SSSR count). The van der Waals surface area contributed by atoms with Gasteiger partial charge >= 0.3 is 82.5 Å². The molecule has 0 aliphatic rings. The molecule has 3 heterocycles. The SMILES string of the molecule is CB(O)Nc1ccc(F)cc1N.CB(O)Nc1ccc(F)cc1Nc1ncc([N+](=O)[O-])c(SC#N)n1.CCO.N#CSc1nc(Cl)ncc1[N+](=O)[O-].N#C[S-].O=[N+]([O-])c1cnc(Cl)nc1Cl.[K+]. The second-order valence-corrected chi connectivity index (χ2v) is 13.5. The maximum absolute atomic E-state index is 13.4. The van der Waals surface area contributed by atoms with E-state index in [4.69, 9.17) is 66.5 Å². The Balaban J connectivity index is 0. The van der Waals surface area contributed by atoms with Crippen LogP contribution in [0, 0.1) is 74.0 Å². The summed E-state index contributed by atoms with van der Waals surface area (Å²) in [5.41, 5.74) is 5.79. The second-order valence-electron chi connectivity index (χ2n) is 10.8. The van der Waals surface area contributed by atoms with Crippen LogP contribution in [0.4, 0.5) is 54.5 Å². The molecular weight excluding hydrogens is 1040 g/mol. The summed E-state index contributed by atoms with van der Waals surface area (Å²) in [5, 5.41) is 93.5. The average molecular weight is 1070 g/mol. The second kappa shape index (κ2) is 35.1. The molecule has 0 saturated carbocycles. The Kier molecular flexibility index (Phi) is 33.4. The van der Waals surface area contributed by atoms with E-state index in [9.17, 15) is 44.1 Å². The van der Waals surface area contributed by atoms with Crippen LogP contribution in [0.2, 0.25) is 29.4 Å².